The van der Waals surface area contributed by atoms with Crippen molar-refractivity contribution in [2.45, 2.75) is 52.1 Å². The first kappa shape index (κ1) is 18.4. The van der Waals surface area contributed by atoms with E-state index < -0.39 is 0 Å². The van der Waals surface area contributed by atoms with Gasteiger partial charge in [0.15, 0.2) is 11.5 Å². The number of benzene rings is 1. The van der Waals surface area contributed by atoms with Gasteiger partial charge in [-0.2, -0.15) is 0 Å². The highest BCUT2D eigenvalue weighted by Crippen LogP contribution is 2.32. The largest absolute Gasteiger partial charge is 0.493 e. The molecule has 0 spiro atoms. The molecule has 1 aromatic carbocycles. The van der Waals surface area contributed by atoms with Gasteiger partial charge in [-0.05, 0) is 55.7 Å². The van der Waals surface area contributed by atoms with E-state index in [4.69, 9.17) is 14.2 Å². The minimum atomic E-state index is -0.361. The summed E-state index contributed by atoms with van der Waals surface area (Å²) >= 11 is 0. The molecule has 0 radical (unpaired) electrons. The monoisotopic (exact) mass is 335 g/mol. The number of amides is 1. The van der Waals surface area contributed by atoms with Crippen LogP contribution in [0.3, 0.4) is 0 Å². The van der Waals surface area contributed by atoms with Crippen LogP contribution in [-0.4, -0.2) is 32.5 Å². The molecule has 1 N–H and O–H groups in total. The van der Waals surface area contributed by atoms with E-state index in [0.717, 1.165) is 36.3 Å². The molecule has 0 aliphatic heterocycles. The van der Waals surface area contributed by atoms with Crippen molar-refractivity contribution in [2.75, 3.05) is 20.3 Å². The molecule has 1 aliphatic rings. The number of hydrogen-bond donors (Lipinski definition) is 1. The Kier molecular flexibility index (Phi) is 7.22. The Morgan fingerprint density at radius 2 is 2.00 bits per heavy atom. The molecule has 0 atom stereocenters. The average molecular weight is 335 g/mol. The first-order chi connectivity index (χ1) is 11.6. The van der Waals surface area contributed by atoms with Gasteiger partial charge in [0, 0.05) is 6.54 Å². The predicted molar refractivity (Wildman–Crippen MR) is 93.8 cm³/mol. The van der Waals surface area contributed by atoms with Gasteiger partial charge in [0.05, 0.1) is 19.8 Å². The van der Waals surface area contributed by atoms with Gasteiger partial charge >= 0.3 is 6.09 Å². The van der Waals surface area contributed by atoms with Crippen LogP contribution in [0.1, 0.15) is 45.1 Å². The summed E-state index contributed by atoms with van der Waals surface area (Å²) in [6.07, 6.45) is 5.33. The third kappa shape index (κ3) is 5.95. The number of hydrogen-bond acceptors (Lipinski definition) is 4. The quantitative estimate of drug-likeness (QED) is 0.782. The van der Waals surface area contributed by atoms with Crippen molar-refractivity contribution in [3.63, 3.8) is 0 Å². The third-order valence-electron chi connectivity index (χ3n) is 4.05. The van der Waals surface area contributed by atoms with Crippen molar-refractivity contribution in [2.24, 2.45) is 5.92 Å². The van der Waals surface area contributed by atoms with Crippen molar-refractivity contribution < 1.29 is 19.0 Å². The Morgan fingerprint density at radius 1 is 1.25 bits per heavy atom. The number of rotatable bonds is 8. The lowest BCUT2D eigenvalue weighted by Gasteiger charge is -2.17. The Morgan fingerprint density at radius 3 is 2.67 bits per heavy atom. The van der Waals surface area contributed by atoms with E-state index in [1.807, 2.05) is 32.0 Å². The van der Waals surface area contributed by atoms with Crippen LogP contribution < -0.4 is 14.8 Å². The lowest BCUT2D eigenvalue weighted by molar-refractivity contribution is 0.133. The summed E-state index contributed by atoms with van der Waals surface area (Å²) in [5.74, 6) is 1.90. The van der Waals surface area contributed by atoms with Gasteiger partial charge < -0.3 is 19.5 Å². The topological polar surface area (TPSA) is 56.8 Å². The summed E-state index contributed by atoms with van der Waals surface area (Å²) in [6, 6.07) is 5.94. The van der Waals surface area contributed by atoms with E-state index in [9.17, 15) is 4.79 Å². The molecule has 24 heavy (non-hydrogen) atoms. The molecule has 0 unspecified atom stereocenters. The standard InChI is InChI=1S/C19H29NO4/c1-14(2)13-23-19(21)20-11-10-15-8-9-17(22-3)18(12-15)24-16-6-4-5-7-16/h8-9,12,14,16H,4-7,10-11,13H2,1-3H3,(H,20,21). The molecule has 1 aliphatic carbocycles. The SMILES string of the molecule is COc1ccc(CCNC(=O)OCC(C)C)cc1OC1CCCC1. The first-order valence-electron chi connectivity index (χ1n) is 8.82. The fraction of sp³-hybridized carbons (Fsp3) is 0.632. The second-order valence-corrected chi connectivity index (χ2v) is 6.68. The van der Waals surface area contributed by atoms with Crippen molar-refractivity contribution in [3.05, 3.63) is 23.8 Å². The molecule has 1 amide bonds. The maximum Gasteiger partial charge on any atom is 0.407 e. The van der Waals surface area contributed by atoms with Crippen LogP contribution in [0.5, 0.6) is 11.5 Å². The smallest absolute Gasteiger partial charge is 0.407 e. The summed E-state index contributed by atoms with van der Waals surface area (Å²) in [5, 5.41) is 2.77. The molecular formula is C19H29NO4. The molecule has 1 fully saturated rings. The zero-order valence-electron chi connectivity index (χ0n) is 15.0. The fourth-order valence-electron chi connectivity index (χ4n) is 2.76. The molecule has 0 aromatic heterocycles. The average Bonchev–Trinajstić information content (AvgIpc) is 3.06. The fourth-order valence-corrected chi connectivity index (χ4v) is 2.76. The van der Waals surface area contributed by atoms with E-state index in [0.29, 0.717) is 25.2 Å². The lowest BCUT2D eigenvalue weighted by atomic mass is 10.1. The molecular weight excluding hydrogens is 306 g/mol. The normalized spacial score (nSPS) is 14.7. The molecule has 134 valence electrons. The van der Waals surface area contributed by atoms with Crippen LogP contribution in [0.2, 0.25) is 0 Å². The van der Waals surface area contributed by atoms with E-state index in [1.54, 1.807) is 7.11 Å². The maximum atomic E-state index is 11.6. The first-order valence-corrected chi connectivity index (χ1v) is 8.82. The van der Waals surface area contributed by atoms with Crippen LogP contribution in [0, 0.1) is 5.92 Å². The van der Waals surface area contributed by atoms with Gasteiger partial charge in [-0.15, -0.1) is 0 Å². The van der Waals surface area contributed by atoms with Gasteiger partial charge in [0.25, 0.3) is 0 Å². The van der Waals surface area contributed by atoms with Gasteiger partial charge in [-0.25, -0.2) is 4.79 Å². The van der Waals surface area contributed by atoms with E-state index in [2.05, 4.69) is 5.32 Å². The minimum absolute atomic E-state index is 0.290. The Hall–Kier alpha value is -1.91. The Bertz CT molecular complexity index is 524. The van der Waals surface area contributed by atoms with Crippen LogP contribution in [-0.2, 0) is 11.2 Å². The summed E-state index contributed by atoms with van der Waals surface area (Å²) in [6.45, 7) is 4.99. The number of nitrogens with one attached hydrogen (secondary N) is 1. The number of methoxy groups -OCH3 is 1. The molecule has 5 nitrogen and oxygen atoms in total. The lowest BCUT2D eigenvalue weighted by Crippen LogP contribution is -2.27. The van der Waals surface area contributed by atoms with Gasteiger partial charge in [0.1, 0.15) is 0 Å². The van der Waals surface area contributed by atoms with Gasteiger partial charge in [-0.3, -0.25) is 0 Å². The highest BCUT2D eigenvalue weighted by molar-refractivity contribution is 5.67. The number of carbonyl (C=O) groups is 1. The zero-order valence-corrected chi connectivity index (χ0v) is 15.0. The number of carbonyl (C=O) groups excluding carboxylic acids is 1. The highest BCUT2D eigenvalue weighted by Gasteiger charge is 2.18. The minimum Gasteiger partial charge on any atom is -0.493 e. The summed E-state index contributed by atoms with van der Waals surface area (Å²) < 4.78 is 16.6. The van der Waals surface area contributed by atoms with E-state index in [1.165, 1.54) is 12.8 Å². The Labute approximate surface area is 144 Å². The number of alkyl carbamates (subject to hydrolysis) is 1. The maximum absolute atomic E-state index is 11.6. The third-order valence-corrected chi connectivity index (χ3v) is 4.05. The summed E-state index contributed by atoms with van der Waals surface area (Å²) in [4.78, 5) is 11.6. The second kappa shape index (κ2) is 9.40. The Balaban J connectivity index is 1.85. The predicted octanol–water partition coefficient (Wildman–Crippen LogP) is 3.94. The molecule has 0 saturated heterocycles. The van der Waals surface area contributed by atoms with Crippen molar-refractivity contribution in [1.82, 2.24) is 5.32 Å². The highest BCUT2D eigenvalue weighted by atomic mass is 16.5. The van der Waals surface area contributed by atoms with E-state index >= 15 is 0 Å². The van der Waals surface area contributed by atoms with Crippen molar-refractivity contribution in [1.29, 1.82) is 0 Å². The van der Waals surface area contributed by atoms with Crippen LogP contribution in [0.15, 0.2) is 18.2 Å². The summed E-state index contributed by atoms with van der Waals surface area (Å²) in [5.41, 5.74) is 1.10. The molecule has 2 rings (SSSR count). The van der Waals surface area contributed by atoms with Crippen LogP contribution >= 0.6 is 0 Å². The number of ether oxygens (including phenoxy) is 3. The second-order valence-electron chi connectivity index (χ2n) is 6.68. The van der Waals surface area contributed by atoms with Crippen molar-refractivity contribution in [3.8, 4) is 11.5 Å². The molecule has 5 heteroatoms. The molecule has 1 saturated carbocycles. The van der Waals surface area contributed by atoms with Crippen molar-refractivity contribution >= 4 is 6.09 Å². The molecule has 0 heterocycles. The van der Waals surface area contributed by atoms with Gasteiger partial charge in [-0.1, -0.05) is 19.9 Å². The van der Waals surface area contributed by atoms with E-state index in [-0.39, 0.29) is 6.09 Å². The van der Waals surface area contributed by atoms with Crippen LogP contribution in [0.4, 0.5) is 4.79 Å². The summed E-state index contributed by atoms with van der Waals surface area (Å²) in [7, 11) is 1.66. The zero-order chi connectivity index (χ0) is 17.4. The van der Waals surface area contributed by atoms with Gasteiger partial charge in [0.2, 0.25) is 0 Å². The molecule has 0 bridgehead atoms. The van der Waals surface area contributed by atoms with Crippen LogP contribution in [0.25, 0.3) is 0 Å². The molecule has 1 aromatic rings.